The lowest BCUT2D eigenvalue weighted by Gasteiger charge is -2.19. The molecule has 0 radical (unpaired) electrons. The normalized spacial score (nSPS) is 17.7. The van der Waals surface area contributed by atoms with E-state index in [4.69, 9.17) is 4.18 Å². The highest BCUT2D eigenvalue weighted by Gasteiger charge is 2.34. The van der Waals surface area contributed by atoms with Crippen molar-refractivity contribution in [2.75, 3.05) is 11.9 Å². The minimum Gasteiger partial charge on any atom is -0.478 e. The number of aromatic amines is 1. The second-order valence-electron chi connectivity index (χ2n) is 7.59. The number of rotatable bonds is 3. The molecule has 162 valence electrons. The fraction of sp³-hybridized carbons (Fsp3) is 0.130. The molecule has 2 aliphatic rings. The van der Waals surface area contributed by atoms with Crippen molar-refractivity contribution in [2.24, 2.45) is 0 Å². The van der Waals surface area contributed by atoms with Crippen LogP contribution in [0.1, 0.15) is 32.9 Å². The highest BCUT2D eigenvalue weighted by atomic mass is 32.2. The fourth-order valence-electron chi connectivity index (χ4n) is 4.35. The number of carbonyl (C=O) groups excluding carboxylic acids is 1. The quantitative estimate of drug-likeness (QED) is 0.415. The van der Waals surface area contributed by atoms with Gasteiger partial charge < -0.3 is 15.4 Å². The summed E-state index contributed by atoms with van der Waals surface area (Å²) in [7, 11) is -3.89. The number of aromatic carboxylic acids is 1. The Morgan fingerprint density at radius 2 is 1.88 bits per heavy atom. The number of benzene rings is 2. The largest absolute Gasteiger partial charge is 0.478 e. The lowest BCUT2D eigenvalue weighted by molar-refractivity contribution is -0.110. The van der Waals surface area contributed by atoms with Crippen molar-refractivity contribution in [3.05, 3.63) is 70.5 Å². The molecule has 0 saturated heterocycles. The van der Waals surface area contributed by atoms with E-state index in [9.17, 15) is 23.1 Å². The molecule has 0 bridgehead atoms. The van der Waals surface area contributed by atoms with Crippen molar-refractivity contribution in [3.63, 3.8) is 0 Å². The van der Waals surface area contributed by atoms with Crippen molar-refractivity contribution in [2.45, 2.75) is 18.2 Å². The highest BCUT2D eigenvalue weighted by Crippen LogP contribution is 2.42. The Bertz CT molecular complexity index is 1430. The molecule has 0 fully saturated rings. The molecule has 3 N–H and O–H groups in total. The lowest BCUT2D eigenvalue weighted by atomic mass is 9.95. The molecule has 0 aliphatic carbocycles. The molecule has 9 heteroatoms. The van der Waals surface area contributed by atoms with E-state index in [0.717, 1.165) is 0 Å². The first-order chi connectivity index (χ1) is 15.3. The van der Waals surface area contributed by atoms with E-state index in [-0.39, 0.29) is 28.5 Å². The summed E-state index contributed by atoms with van der Waals surface area (Å²) in [5, 5.41) is 12.6. The summed E-state index contributed by atoms with van der Waals surface area (Å²) in [5.41, 5.74) is 3.97. The van der Waals surface area contributed by atoms with Gasteiger partial charge in [0.2, 0.25) is 0 Å². The van der Waals surface area contributed by atoms with Gasteiger partial charge in [-0.1, -0.05) is 30.3 Å². The molecule has 0 spiro atoms. The number of carboxylic acids is 1. The molecule has 0 saturated carbocycles. The van der Waals surface area contributed by atoms with Crippen LogP contribution in [0.3, 0.4) is 0 Å². The molecule has 3 heterocycles. The van der Waals surface area contributed by atoms with Gasteiger partial charge in [-0.05, 0) is 42.7 Å². The zero-order chi connectivity index (χ0) is 22.6. The standard InChI is InChI=1S/C23H18N2O6S/c1-12-19(23(27)28)20(13-5-3-2-4-6-13)17(24-12)11-15-21-14-9-10-31-32(29,30)18(14)8-7-16(21)25-22(15)26/h2-8,11,24H,9-10H2,1H3,(H,25,26)(H,27,28)/b15-11-. The summed E-state index contributed by atoms with van der Waals surface area (Å²) in [5.74, 6) is -1.47. The van der Waals surface area contributed by atoms with Crippen LogP contribution >= 0.6 is 0 Å². The Labute approximate surface area is 183 Å². The minimum absolute atomic E-state index is 0.00665. The van der Waals surface area contributed by atoms with Crippen LogP contribution < -0.4 is 5.32 Å². The van der Waals surface area contributed by atoms with Crippen LogP contribution in [-0.2, 0) is 25.5 Å². The summed E-state index contributed by atoms with van der Waals surface area (Å²) < 4.78 is 29.7. The molecule has 0 unspecified atom stereocenters. The number of carboxylic acid groups (broad SMARTS) is 1. The first-order valence-electron chi connectivity index (χ1n) is 9.88. The number of anilines is 1. The molecule has 32 heavy (non-hydrogen) atoms. The molecule has 8 nitrogen and oxygen atoms in total. The third kappa shape index (κ3) is 3.05. The average Bonchev–Trinajstić information content (AvgIpc) is 3.25. The van der Waals surface area contributed by atoms with E-state index in [1.54, 1.807) is 43.3 Å². The number of H-pyrrole nitrogens is 1. The van der Waals surface area contributed by atoms with Gasteiger partial charge in [0, 0.05) is 28.2 Å². The second kappa shape index (κ2) is 7.18. The molecular formula is C23H18N2O6S. The maximum absolute atomic E-state index is 12.9. The van der Waals surface area contributed by atoms with Gasteiger partial charge in [-0.15, -0.1) is 0 Å². The smallest absolute Gasteiger partial charge is 0.338 e. The first kappa shape index (κ1) is 20.2. The number of fused-ring (bicyclic) bond motifs is 3. The summed E-state index contributed by atoms with van der Waals surface area (Å²) >= 11 is 0. The Morgan fingerprint density at radius 3 is 2.59 bits per heavy atom. The molecule has 0 atom stereocenters. The van der Waals surface area contributed by atoms with Gasteiger partial charge in [-0.3, -0.25) is 8.98 Å². The Hall–Kier alpha value is -3.69. The molecule has 5 rings (SSSR count). The third-order valence-electron chi connectivity index (χ3n) is 5.67. The predicted octanol–water partition coefficient (Wildman–Crippen LogP) is 3.44. The minimum atomic E-state index is -3.89. The average molecular weight is 450 g/mol. The molecule has 3 aromatic rings. The number of hydrogen-bond donors (Lipinski definition) is 3. The van der Waals surface area contributed by atoms with Crippen molar-refractivity contribution >= 4 is 39.3 Å². The van der Waals surface area contributed by atoms with Gasteiger partial charge in [0.15, 0.2) is 0 Å². The van der Waals surface area contributed by atoms with E-state index >= 15 is 0 Å². The maximum Gasteiger partial charge on any atom is 0.338 e. The summed E-state index contributed by atoms with van der Waals surface area (Å²) in [6, 6.07) is 12.0. The zero-order valence-electron chi connectivity index (χ0n) is 16.9. The number of nitrogens with one attached hydrogen (secondary N) is 2. The Morgan fingerprint density at radius 1 is 1.12 bits per heavy atom. The fourth-order valence-corrected chi connectivity index (χ4v) is 5.52. The van der Waals surface area contributed by atoms with Crippen LogP contribution in [0.4, 0.5) is 5.69 Å². The molecule has 1 amide bonds. The van der Waals surface area contributed by atoms with Crippen molar-refractivity contribution < 1.29 is 27.3 Å². The summed E-state index contributed by atoms with van der Waals surface area (Å²) in [6.45, 7) is 1.65. The van der Waals surface area contributed by atoms with Crippen LogP contribution in [0, 0.1) is 6.92 Å². The lowest BCUT2D eigenvalue weighted by Crippen LogP contribution is -2.19. The Balaban J connectivity index is 1.77. The number of amides is 1. The summed E-state index contributed by atoms with van der Waals surface area (Å²) in [6.07, 6.45) is 1.92. The van der Waals surface area contributed by atoms with Gasteiger partial charge in [0.1, 0.15) is 0 Å². The van der Waals surface area contributed by atoms with E-state index in [1.807, 2.05) is 6.07 Å². The molecule has 2 aromatic carbocycles. The Kier molecular flexibility index (Phi) is 4.54. The van der Waals surface area contributed by atoms with Gasteiger partial charge >= 0.3 is 5.97 Å². The third-order valence-corrected chi connectivity index (χ3v) is 7.07. The molecular weight excluding hydrogens is 432 g/mol. The van der Waals surface area contributed by atoms with E-state index in [2.05, 4.69) is 10.3 Å². The summed E-state index contributed by atoms with van der Waals surface area (Å²) in [4.78, 5) is 28.0. The van der Waals surface area contributed by atoms with Crippen LogP contribution in [0.15, 0.2) is 47.4 Å². The van der Waals surface area contributed by atoms with Crippen LogP contribution in [-0.4, -0.2) is 37.0 Å². The highest BCUT2D eigenvalue weighted by molar-refractivity contribution is 7.86. The molecule has 2 aliphatic heterocycles. The monoisotopic (exact) mass is 450 g/mol. The maximum atomic E-state index is 12.9. The first-order valence-corrected chi connectivity index (χ1v) is 11.3. The van der Waals surface area contributed by atoms with Gasteiger partial charge in [0.25, 0.3) is 16.0 Å². The van der Waals surface area contributed by atoms with E-state index < -0.39 is 16.1 Å². The van der Waals surface area contributed by atoms with E-state index in [1.165, 1.54) is 6.07 Å². The number of hydrogen-bond acceptors (Lipinski definition) is 5. The van der Waals surface area contributed by atoms with Crippen LogP contribution in [0.2, 0.25) is 0 Å². The SMILES string of the molecule is Cc1[nH]c(/C=C2\C(=O)Nc3ccc4c(c32)CCOS4(=O)=O)c(-c2ccccc2)c1C(=O)O. The topological polar surface area (TPSA) is 126 Å². The van der Waals surface area contributed by atoms with Crippen molar-refractivity contribution in [1.82, 2.24) is 4.98 Å². The van der Waals surface area contributed by atoms with Gasteiger partial charge in [-0.25, -0.2) is 4.79 Å². The molecule has 1 aromatic heterocycles. The van der Waals surface area contributed by atoms with Gasteiger partial charge in [-0.2, -0.15) is 8.42 Å². The van der Waals surface area contributed by atoms with Crippen LogP contribution in [0.25, 0.3) is 22.8 Å². The predicted molar refractivity (Wildman–Crippen MR) is 118 cm³/mol. The van der Waals surface area contributed by atoms with Crippen molar-refractivity contribution in [1.29, 1.82) is 0 Å². The number of carbonyl (C=O) groups is 2. The zero-order valence-corrected chi connectivity index (χ0v) is 17.7. The van der Waals surface area contributed by atoms with Gasteiger partial charge in [0.05, 0.1) is 22.6 Å². The van der Waals surface area contributed by atoms with Crippen LogP contribution in [0.5, 0.6) is 0 Å². The van der Waals surface area contributed by atoms with Crippen molar-refractivity contribution in [3.8, 4) is 11.1 Å². The second-order valence-corrected chi connectivity index (χ2v) is 9.17. The van der Waals surface area contributed by atoms with E-state index in [0.29, 0.717) is 45.7 Å². The number of aromatic nitrogens is 1. The number of aryl methyl sites for hydroxylation is 1.